The Balaban J connectivity index is 0.000000663. The van der Waals surface area contributed by atoms with Crippen LogP contribution in [-0.4, -0.2) is 83.7 Å². The Hall–Kier alpha value is -3.80. The molecule has 0 bridgehead atoms. The van der Waals surface area contributed by atoms with Gasteiger partial charge < -0.3 is 24.7 Å². The van der Waals surface area contributed by atoms with Gasteiger partial charge in [-0.25, -0.2) is 9.59 Å². The highest BCUT2D eigenvalue weighted by Gasteiger charge is 2.32. The average Bonchev–Trinajstić information content (AvgIpc) is 2.94. The summed E-state index contributed by atoms with van der Waals surface area (Å²) < 4.78 is 44.0. The third kappa shape index (κ3) is 8.60. The molecule has 0 atom stereocenters. The molecular formula is C28H34F3N3O6. The Morgan fingerprint density at radius 1 is 0.875 bits per heavy atom. The van der Waals surface area contributed by atoms with E-state index in [0.717, 1.165) is 68.2 Å². The van der Waals surface area contributed by atoms with E-state index in [2.05, 4.69) is 15.9 Å². The van der Waals surface area contributed by atoms with Crippen LogP contribution in [0.1, 0.15) is 30.9 Å². The molecule has 2 aliphatic heterocycles. The zero-order valence-electron chi connectivity index (χ0n) is 22.3. The molecule has 2 heterocycles. The molecule has 2 aromatic rings. The third-order valence-corrected chi connectivity index (χ3v) is 6.90. The van der Waals surface area contributed by atoms with Crippen LogP contribution in [0.15, 0.2) is 48.5 Å². The van der Waals surface area contributed by atoms with Crippen molar-refractivity contribution >= 4 is 23.5 Å². The number of piperidine rings is 1. The topological polar surface area (TPSA) is 111 Å². The lowest BCUT2D eigenvalue weighted by Crippen LogP contribution is -2.51. The highest BCUT2D eigenvalue weighted by atomic mass is 19.4. The fourth-order valence-corrected chi connectivity index (χ4v) is 4.82. The Kier molecular flexibility index (Phi) is 10.8. The quantitative estimate of drug-likeness (QED) is 0.509. The first-order chi connectivity index (χ1) is 19.0. The maximum Gasteiger partial charge on any atom is 0.416 e. The summed E-state index contributed by atoms with van der Waals surface area (Å²) in [6.45, 7) is 7.71. The molecular weight excluding hydrogens is 531 g/mol. The number of amides is 1. The standard InChI is InChI=1S/C26H32F3N3O2.C2H2O4/c1-2-34-24-6-4-3-5-23(24)31-15-17-32(18-16-31)25(33)21-11-13-30(14-12-21)19-20-7-9-22(10-8-20)26(27,28)29;3-1(4)2(5)6/h3-10,21H,2,11-19H2,1H3;(H,3,4)(H,5,6). The number of carboxylic acids is 2. The molecule has 2 fully saturated rings. The van der Waals surface area contributed by atoms with E-state index in [1.165, 1.54) is 0 Å². The zero-order valence-corrected chi connectivity index (χ0v) is 22.3. The van der Waals surface area contributed by atoms with E-state index in [9.17, 15) is 18.0 Å². The van der Waals surface area contributed by atoms with Gasteiger partial charge in [-0.3, -0.25) is 9.69 Å². The lowest BCUT2D eigenvalue weighted by atomic mass is 9.94. The van der Waals surface area contributed by atoms with Crippen molar-refractivity contribution in [2.75, 3.05) is 50.8 Å². The molecule has 2 saturated heterocycles. The summed E-state index contributed by atoms with van der Waals surface area (Å²) in [7, 11) is 0. The van der Waals surface area contributed by atoms with Gasteiger partial charge >= 0.3 is 18.1 Å². The van der Waals surface area contributed by atoms with Crippen LogP contribution in [0.3, 0.4) is 0 Å². The van der Waals surface area contributed by atoms with Gasteiger partial charge in [0.2, 0.25) is 5.91 Å². The van der Waals surface area contributed by atoms with Crippen LogP contribution < -0.4 is 9.64 Å². The molecule has 218 valence electrons. The molecule has 2 N–H and O–H groups in total. The van der Waals surface area contributed by atoms with E-state index >= 15 is 0 Å². The summed E-state index contributed by atoms with van der Waals surface area (Å²) in [5.41, 5.74) is 1.32. The van der Waals surface area contributed by atoms with Gasteiger partial charge in [-0.05, 0) is 62.7 Å². The molecule has 0 aromatic heterocycles. The third-order valence-electron chi connectivity index (χ3n) is 6.90. The lowest BCUT2D eigenvalue weighted by Gasteiger charge is -2.39. The second-order valence-corrected chi connectivity index (χ2v) is 9.57. The fourth-order valence-electron chi connectivity index (χ4n) is 4.82. The van der Waals surface area contributed by atoms with Crippen molar-refractivity contribution in [3.8, 4) is 5.75 Å². The second kappa shape index (κ2) is 14.0. The predicted octanol–water partition coefficient (Wildman–Crippen LogP) is 3.82. The van der Waals surface area contributed by atoms with Gasteiger partial charge in [-0.2, -0.15) is 13.2 Å². The fraction of sp³-hybridized carbons (Fsp3) is 0.464. The SMILES string of the molecule is CCOc1ccccc1N1CCN(C(=O)C2CCN(Cc3ccc(C(F)(F)F)cc3)CC2)CC1.O=C(O)C(=O)O. The molecule has 40 heavy (non-hydrogen) atoms. The smallest absolute Gasteiger partial charge is 0.416 e. The minimum Gasteiger partial charge on any atom is -0.492 e. The van der Waals surface area contributed by atoms with E-state index in [1.54, 1.807) is 12.1 Å². The lowest BCUT2D eigenvalue weighted by molar-refractivity contribution is -0.159. The molecule has 0 unspecified atom stereocenters. The van der Waals surface area contributed by atoms with Gasteiger partial charge in [0.1, 0.15) is 5.75 Å². The number of carbonyl (C=O) groups excluding carboxylic acids is 1. The molecule has 1 amide bonds. The largest absolute Gasteiger partial charge is 0.492 e. The second-order valence-electron chi connectivity index (χ2n) is 9.57. The number of carboxylic acid groups (broad SMARTS) is 2. The first kappa shape index (κ1) is 30.7. The molecule has 2 aromatic carbocycles. The van der Waals surface area contributed by atoms with Crippen molar-refractivity contribution < 1.29 is 42.5 Å². The van der Waals surface area contributed by atoms with Crippen LogP contribution in [0.5, 0.6) is 5.75 Å². The molecule has 9 nitrogen and oxygen atoms in total. The van der Waals surface area contributed by atoms with Gasteiger partial charge in [0.25, 0.3) is 0 Å². The summed E-state index contributed by atoms with van der Waals surface area (Å²) in [4.78, 5) is 37.8. The van der Waals surface area contributed by atoms with E-state index in [0.29, 0.717) is 26.2 Å². The molecule has 12 heteroatoms. The van der Waals surface area contributed by atoms with E-state index < -0.39 is 23.7 Å². The number of likely N-dealkylation sites (tertiary alicyclic amines) is 1. The summed E-state index contributed by atoms with van der Waals surface area (Å²) in [5.74, 6) is -2.52. The van der Waals surface area contributed by atoms with Crippen LogP contribution in [0, 0.1) is 5.92 Å². The number of hydrogen-bond acceptors (Lipinski definition) is 6. The Labute approximate surface area is 230 Å². The highest BCUT2D eigenvalue weighted by molar-refractivity contribution is 6.27. The number of anilines is 1. The van der Waals surface area contributed by atoms with E-state index in [1.807, 2.05) is 30.0 Å². The number of rotatable bonds is 6. The molecule has 0 saturated carbocycles. The molecule has 0 aliphatic carbocycles. The van der Waals surface area contributed by atoms with Crippen LogP contribution in [0.2, 0.25) is 0 Å². The maximum atomic E-state index is 13.1. The monoisotopic (exact) mass is 565 g/mol. The first-order valence-electron chi connectivity index (χ1n) is 13.1. The number of carbonyl (C=O) groups is 3. The average molecular weight is 566 g/mol. The number of aliphatic carboxylic acids is 2. The Morgan fingerprint density at radius 3 is 1.98 bits per heavy atom. The van der Waals surface area contributed by atoms with Crippen molar-refractivity contribution in [3.05, 3.63) is 59.7 Å². The van der Waals surface area contributed by atoms with Crippen molar-refractivity contribution in [1.29, 1.82) is 0 Å². The summed E-state index contributed by atoms with van der Waals surface area (Å²) in [6.07, 6.45) is -2.74. The number of ether oxygens (including phenoxy) is 1. The number of para-hydroxylation sites is 2. The van der Waals surface area contributed by atoms with Crippen molar-refractivity contribution in [2.24, 2.45) is 5.92 Å². The van der Waals surface area contributed by atoms with Gasteiger partial charge in [-0.1, -0.05) is 24.3 Å². The molecule has 0 spiro atoms. The summed E-state index contributed by atoms with van der Waals surface area (Å²) in [5, 5.41) is 14.8. The number of alkyl halides is 3. The highest BCUT2D eigenvalue weighted by Crippen LogP contribution is 2.31. The number of benzene rings is 2. The maximum absolute atomic E-state index is 13.1. The number of nitrogens with zero attached hydrogens (tertiary/aromatic N) is 3. The van der Waals surface area contributed by atoms with Crippen LogP contribution in [-0.2, 0) is 27.1 Å². The van der Waals surface area contributed by atoms with E-state index in [-0.39, 0.29) is 11.8 Å². The predicted molar refractivity (Wildman–Crippen MR) is 141 cm³/mol. The van der Waals surface area contributed by atoms with Crippen molar-refractivity contribution in [2.45, 2.75) is 32.5 Å². The zero-order chi connectivity index (χ0) is 29.3. The van der Waals surface area contributed by atoms with Crippen molar-refractivity contribution in [3.63, 3.8) is 0 Å². The Morgan fingerprint density at radius 2 is 1.45 bits per heavy atom. The minimum absolute atomic E-state index is 0.0196. The molecule has 2 aliphatic rings. The van der Waals surface area contributed by atoms with Gasteiger partial charge in [0.05, 0.1) is 17.9 Å². The van der Waals surface area contributed by atoms with Gasteiger partial charge in [-0.15, -0.1) is 0 Å². The number of halogens is 3. The van der Waals surface area contributed by atoms with Crippen molar-refractivity contribution in [1.82, 2.24) is 9.80 Å². The first-order valence-corrected chi connectivity index (χ1v) is 13.1. The number of piperazine rings is 1. The Bertz CT molecular complexity index is 1130. The van der Waals surface area contributed by atoms with Gasteiger partial charge in [0.15, 0.2) is 0 Å². The minimum atomic E-state index is -4.31. The van der Waals surface area contributed by atoms with Crippen LogP contribution in [0.25, 0.3) is 0 Å². The summed E-state index contributed by atoms with van der Waals surface area (Å²) >= 11 is 0. The van der Waals surface area contributed by atoms with Gasteiger partial charge in [0, 0.05) is 38.6 Å². The summed E-state index contributed by atoms with van der Waals surface area (Å²) in [6, 6.07) is 13.4. The number of hydrogen-bond donors (Lipinski definition) is 2. The molecule has 0 radical (unpaired) electrons. The van der Waals surface area contributed by atoms with Crippen LogP contribution >= 0.6 is 0 Å². The molecule has 4 rings (SSSR count). The normalized spacial score (nSPS) is 16.6. The van der Waals surface area contributed by atoms with E-state index in [4.69, 9.17) is 24.5 Å². The van der Waals surface area contributed by atoms with Crippen LogP contribution in [0.4, 0.5) is 18.9 Å².